The van der Waals surface area contributed by atoms with E-state index in [9.17, 15) is 18.3 Å². The van der Waals surface area contributed by atoms with E-state index >= 15 is 0 Å². The number of hydrogen-bond acceptors (Lipinski definition) is 4. The first-order valence-electron chi connectivity index (χ1n) is 11.6. The zero-order valence-corrected chi connectivity index (χ0v) is 18.9. The summed E-state index contributed by atoms with van der Waals surface area (Å²) in [5.41, 5.74) is 3.11. The summed E-state index contributed by atoms with van der Waals surface area (Å²) >= 11 is 0. The highest BCUT2D eigenvalue weighted by Gasteiger charge is 2.31. The Labute approximate surface area is 197 Å². The van der Waals surface area contributed by atoms with E-state index in [1.807, 2.05) is 12.1 Å². The fraction of sp³-hybridized carbons (Fsp3) is 0.333. The molecule has 1 heterocycles. The molecule has 4 nitrogen and oxygen atoms in total. The minimum Gasteiger partial charge on any atom is -0.495 e. The Morgan fingerprint density at radius 2 is 1.82 bits per heavy atom. The summed E-state index contributed by atoms with van der Waals surface area (Å²) in [7, 11) is 0. The summed E-state index contributed by atoms with van der Waals surface area (Å²) in [5.74, 6) is 0.0144. The molecule has 0 amide bonds. The van der Waals surface area contributed by atoms with Gasteiger partial charge in [0.1, 0.15) is 5.75 Å². The van der Waals surface area contributed by atoms with Crippen LogP contribution in [0, 0.1) is 0 Å². The van der Waals surface area contributed by atoms with Gasteiger partial charge in [-0.25, -0.2) is 0 Å². The van der Waals surface area contributed by atoms with E-state index in [1.54, 1.807) is 12.1 Å². The Morgan fingerprint density at radius 1 is 1.00 bits per heavy atom. The minimum atomic E-state index is -4.68. The van der Waals surface area contributed by atoms with Crippen molar-refractivity contribution in [2.75, 3.05) is 19.6 Å². The number of fused-ring (bicyclic) bond motifs is 2. The van der Waals surface area contributed by atoms with Crippen LogP contribution in [0.15, 0.2) is 72.6 Å². The second kappa shape index (κ2) is 10.8. The van der Waals surface area contributed by atoms with Gasteiger partial charge in [0, 0.05) is 19.6 Å². The normalized spacial score (nSPS) is 14.7. The van der Waals surface area contributed by atoms with Crippen LogP contribution in [0.5, 0.6) is 5.75 Å². The van der Waals surface area contributed by atoms with Crippen molar-refractivity contribution in [3.05, 3.63) is 89.3 Å². The molecule has 0 saturated carbocycles. The van der Waals surface area contributed by atoms with Gasteiger partial charge in [0.25, 0.3) is 0 Å². The third-order valence-electron chi connectivity index (χ3n) is 6.05. The fourth-order valence-electron chi connectivity index (χ4n) is 4.31. The Morgan fingerprint density at radius 3 is 2.65 bits per heavy atom. The maximum Gasteiger partial charge on any atom is 0.573 e. The van der Waals surface area contributed by atoms with E-state index in [4.69, 9.17) is 0 Å². The molecule has 0 aliphatic carbocycles. The summed E-state index contributed by atoms with van der Waals surface area (Å²) in [4.78, 5) is 2.25. The molecule has 0 radical (unpaired) electrons. The second-order valence-electron chi connectivity index (χ2n) is 8.61. The molecule has 180 valence electrons. The third-order valence-corrected chi connectivity index (χ3v) is 6.05. The second-order valence-corrected chi connectivity index (χ2v) is 8.61. The van der Waals surface area contributed by atoms with Crippen molar-refractivity contribution >= 4 is 10.8 Å². The maximum atomic E-state index is 12.5. The number of unbranched alkanes of at least 4 members (excludes halogenated alkanes) is 1. The van der Waals surface area contributed by atoms with Crippen LogP contribution in [-0.2, 0) is 19.4 Å². The zero-order valence-electron chi connectivity index (χ0n) is 18.9. The number of rotatable bonds is 9. The van der Waals surface area contributed by atoms with Crippen LogP contribution in [0.25, 0.3) is 10.8 Å². The fourth-order valence-corrected chi connectivity index (χ4v) is 4.31. The van der Waals surface area contributed by atoms with E-state index in [0.29, 0.717) is 19.5 Å². The number of hydrogen-bond donors (Lipinski definition) is 2. The minimum absolute atomic E-state index is 0.164. The van der Waals surface area contributed by atoms with Gasteiger partial charge >= 0.3 is 6.36 Å². The van der Waals surface area contributed by atoms with Crippen LogP contribution >= 0.6 is 0 Å². The topological polar surface area (TPSA) is 44.7 Å². The number of allylic oxidation sites excluding steroid dienone is 1. The monoisotopic (exact) mass is 470 g/mol. The van der Waals surface area contributed by atoms with E-state index in [0.717, 1.165) is 49.0 Å². The quantitative estimate of drug-likeness (QED) is 0.293. The lowest BCUT2D eigenvalue weighted by atomic mass is 9.99. The Hall–Kier alpha value is -3.19. The van der Waals surface area contributed by atoms with Crippen molar-refractivity contribution in [1.82, 2.24) is 10.2 Å². The van der Waals surface area contributed by atoms with Crippen molar-refractivity contribution in [3.63, 3.8) is 0 Å². The number of aliphatic hydroxyl groups excluding tert-OH is 1. The van der Waals surface area contributed by atoms with Crippen LogP contribution in [-0.4, -0.2) is 36.0 Å². The van der Waals surface area contributed by atoms with Gasteiger partial charge in [-0.1, -0.05) is 48.5 Å². The SMILES string of the molecule is O/C(=C/Cc1ccc2ccccc2c1)NCCCCN1CCc2ccc(OC(F)(F)F)cc2C1. The molecule has 3 aromatic carbocycles. The highest BCUT2D eigenvalue weighted by molar-refractivity contribution is 5.83. The number of halogens is 3. The molecule has 0 bridgehead atoms. The van der Waals surface area contributed by atoms with Gasteiger partial charge in [-0.05, 0) is 77.9 Å². The van der Waals surface area contributed by atoms with E-state index in [1.165, 1.54) is 22.9 Å². The lowest BCUT2D eigenvalue weighted by Crippen LogP contribution is -2.31. The molecule has 1 aliphatic rings. The largest absolute Gasteiger partial charge is 0.573 e. The molecule has 0 spiro atoms. The standard InChI is InChI=1S/C27H29F3N2O2/c28-27(29,30)34-25-11-10-22-13-16-32(19-24(22)18-25)15-4-3-14-31-26(33)12-8-20-7-9-21-5-1-2-6-23(21)17-20/h1-2,5-7,9-12,17-18,31,33H,3-4,8,13-16,19H2/b26-12+. The number of aliphatic hydroxyl groups is 1. The number of nitrogens with one attached hydrogen (secondary N) is 1. The first-order valence-corrected chi connectivity index (χ1v) is 11.6. The van der Waals surface area contributed by atoms with Gasteiger partial charge in [-0.2, -0.15) is 0 Å². The smallest absolute Gasteiger partial charge is 0.495 e. The van der Waals surface area contributed by atoms with E-state index < -0.39 is 6.36 Å². The van der Waals surface area contributed by atoms with Crippen LogP contribution in [0.3, 0.4) is 0 Å². The van der Waals surface area contributed by atoms with Crippen molar-refractivity contribution in [2.24, 2.45) is 0 Å². The first kappa shape index (κ1) is 24.0. The predicted octanol–water partition coefficient (Wildman–Crippen LogP) is 6.11. The van der Waals surface area contributed by atoms with Crippen LogP contribution in [0.1, 0.15) is 29.5 Å². The Balaban J connectivity index is 1.17. The molecule has 2 N–H and O–H groups in total. The summed E-state index contributed by atoms with van der Waals surface area (Å²) < 4.78 is 41.5. The summed E-state index contributed by atoms with van der Waals surface area (Å²) in [6.07, 6.45) is 0.389. The Bertz CT molecular complexity index is 1140. The molecule has 7 heteroatoms. The third kappa shape index (κ3) is 6.90. The van der Waals surface area contributed by atoms with E-state index in [2.05, 4.69) is 45.3 Å². The zero-order chi connectivity index (χ0) is 24.0. The molecule has 0 fully saturated rings. The van der Waals surface area contributed by atoms with Crippen molar-refractivity contribution < 1.29 is 23.0 Å². The average Bonchev–Trinajstić information content (AvgIpc) is 2.81. The molecule has 0 saturated heterocycles. The molecule has 0 aromatic heterocycles. The molecule has 0 unspecified atom stereocenters. The highest BCUT2D eigenvalue weighted by atomic mass is 19.4. The molecule has 3 aromatic rings. The molecule has 34 heavy (non-hydrogen) atoms. The number of benzene rings is 3. The highest BCUT2D eigenvalue weighted by Crippen LogP contribution is 2.28. The van der Waals surface area contributed by atoms with Crippen molar-refractivity contribution in [2.45, 2.75) is 38.6 Å². The van der Waals surface area contributed by atoms with Crippen LogP contribution in [0.2, 0.25) is 0 Å². The summed E-state index contributed by atoms with van der Waals surface area (Å²) in [6, 6.07) is 19.1. The van der Waals surface area contributed by atoms with Crippen molar-refractivity contribution in [1.29, 1.82) is 0 Å². The molecule has 4 rings (SSSR count). The molecular formula is C27H29F3N2O2. The van der Waals surface area contributed by atoms with Gasteiger partial charge in [0.2, 0.25) is 0 Å². The lowest BCUT2D eigenvalue weighted by Gasteiger charge is -2.29. The maximum absolute atomic E-state index is 12.5. The first-order chi connectivity index (χ1) is 16.4. The predicted molar refractivity (Wildman–Crippen MR) is 128 cm³/mol. The number of alkyl halides is 3. The van der Waals surface area contributed by atoms with Gasteiger partial charge in [-0.3, -0.25) is 4.90 Å². The lowest BCUT2D eigenvalue weighted by molar-refractivity contribution is -0.274. The molecule has 0 atom stereocenters. The average molecular weight is 471 g/mol. The molecule has 1 aliphatic heterocycles. The number of ether oxygens (including phenoxy) is 1. The Kier molecular flexibility index (Phi) is 7.63. The van der Waals surface area contributed by atoms with Gasteiger partial charge in [0.15, 0.2) is 5.88 Å². The van der Waals surface area contributed by atoms with Gasteiger partial charge in [0.05, 0.1) is 0 Å². The summed E-state index contributed by atoms with van der Waals surface area (Å²) in [6.45, 7) is 3.02. The van der Waals surface area contributed by atoms with Gasteiger partial charge < -0.3 is 15.2 Å². The van der Waals surface area contributed by atoms with Gasteiger partial charge in [-0.15, -0.1) is 13.2 Å². The number of nitrogens with zero attached hydrogens (tertiary/aromatic N) is 1. The summed E-state index contributed by atoms with van der Waals surface area (Å²) in [5, 5.41) is 15.6. The van der Waals surface area contributed by atoms with Crippen molar-refractivity contribution in [3.8, 4) is 5.75 Å². The molecular weight excluding hydrogens is 441 g/mol. The van der Waals surface area contributed by atoms with E-state index in [-0.39, 0.29) is 11.6 Å². The van der Waals surface area contributed by atoms with Crippen LogP contribution in [0.4, 0.5) is 13.2 Å². The van der Waals surface area contributed by atoms with Crippen LogP contribution < -0.4 is 10.1 Å².